The Morgan fingerprint density at radius 1 is 1.47 bits per heavy atom. The van der Waals surface area contributed by atoms with E-state index in [-0.39, 0.29) is 5.24 Å². The maximum atomic E-state index is 11.3. The molecule has 0 aliphatic rings. The molecular formula is C12H14ClIO. The van der Waals surface area contributed by atoms with Crippen molar-refractivity contribution in [3.05, 3.63) is 32.9 Å². The maximum Gasteiger partial charge on any atom is 0.231 e. The molecule has 0 unspecified atom stereocenters. The SMILES string of the molecule is CCc1ccc(C(C)(C)C(=O)Cl)cc1I. The largest absolute Gasteiger partial charge is 0.280 e. The molecule has 0 bridgehead atoms. The van der Waals surface area contributed by atoms with Gasteiger partial charge in [0.05, 0.1) is 5.41 Å². The first-order valence-electron chi connectivity index (χ1n) is 4.88. The molecule has 0 aromatic heterocycles. The van der Waals surface area contributed by atoms with E-state index in [2.05, 4.69) is 35.6 Å². The quantitative estimate of drug-likeness (QED) is 0.604. The van der Waals surface area contributed by atoms with Gasteiger partial charge in [-0.1, -0.05) is 19.1 Å². The van der Waals surface area contributed by atoms with Crippen LogP contribution in [-0.4, -0.2) is 5.24 Å². The van der Waals surface area contributed by atoms with Gasteiger partial charge in [0.2, 0.25) is 5.24 Å². The molecule has 0 radical (unpaired) electrons. The van der Waals surface area contributed by atoms with E-state index in [1.54, 1.807) is 0 Å². The Bertz CT molecular complexity index is 385. The van der Waals surface area contributed by atoms with Crippen LogP contribution < -0.4 is 0 Å². The van der Waals surface area contributed by atoms with Crippen molar-refractivity contribution in [3.8, 4) is 0 Å². The van der Waals surface area contributed by atoms with Crippen molar-refractivity contribution in [2.45, 2.75) is 32.6 Å². The van der Waals surface area contributed by atoms with Crippen molar-refractivity contribution in [3.63, 3.8) is 0 Å². The topological polar surface area (TPSA) is 17.1 Å². The number of aryl methyl sites for hydroxylation is 1. The Morgan fingerprint density at radius 3 is 2.47 bits per heavy atom. The van der Waals surface area contributed by atoms with Crippen LogP contribution in [0.1, 0.15) is 31.9 Å². The second-order valence-corrected chi connectivity index (χ2v) is 5.56. The number of hydrogen-bond acceptors (Lipinski definition) is 1. The van der Waals surface area contributed by atoms with Gasteiger partial charge in [-0.25, -0.2) is 0 Å². The third-order valence-electron chi connectivity index (χ3n) is 2.65. The molecule has 0 heterocycles. The molecule has 15 heavy (non-hydrogen) atoms. The van der Waals surface area contributed by atoms with Crippen LogP contribution in [0, 0.1) is 3.57 Å². The van der Waals surface area contributed by atoms with Crippen LogP contribution in [0.15, 0.2) is 18.2 Å². The smallest absolute Gasteiger partial charge is 0.231 e. The molecule has 0 N–H and O–H groups in total. The van der Waals surface area contributed by atoms with Gasteiger partial charge < -0.3 is 0 Å². The third kappa shape index (κ3) is 2.72. The van der Waals surface area contributed by atoms with Gasteiger partial charge in [0.25, 0.3) is 0 Å². The molecule has 3 heteroatoms. The Labute approximate surface area is 109 Å². The highest BCUT2D eigenvalue weighted by Crippen LogP contribution is 2.28. The van der Waals surface area contributed by atoms with E-state index in [9.17, 15) is 4.79 Å². The summed E-state index contributed by atoms with van der Waals surface area (Å²) in [6.07, 6.45) is 1.01. The molecule has 1 aromatic rings. The molecule has 0 spiro atoms. The first kappa shape index (κ1) is 13.0. The number of hydrogen-bond donors (Lipinski definition) is 0. The van der Waals surface area contributed by atoms with E-state index >= 15 is 0 Å². The molecule has 1 rings (SSSR count). The third-order valence-corrected chi connectivity index (χ3v) is 4.12. The summed E-state index contributed by atoms with van der Waals surface area (Å²) in [5, 5.41) is -0.317. The molecule has 82 valence electrons. The average Bonchev–Trinajstić information content (AvgIpc) is 2.17. The van der Waals surface area contributed by atoms with E-state index < -0.39 is 5.41 Å². The van der Waals surface area contributed by atoms with Gasteiger partial charge in [-0.05, 0) is 71.7 Å². The van der Waals surface area contributed by atoms with Crippen LogP contribution in [0.5, 0.6) is 0 Å². The monoisotopic (exact) mass is 336 g/mol. The lowest BCUT2D eigenvalue weighted by Gasteiger charge is -2.21. The predicted octanol–water partition coefficient (Wildman–Crippen LogP) is 3.90. The zero-order chi connectivity index (χ0) is 11.6. The minimum absolute atomic E-state index is 0.317. The number of halogens is 2. The van der Waals surface area contributed by atoms with Crippen molar-refractivity contribution < 1.29 is 4.79 Å². The highest BCUT2D eigenvalue weighted by atomic mass is 127. The van der Waals surface area contributed by atoms with Gasteiger partial charge in [0, 0.05) is 3.57 Å². The average molecular weight is 337 g/mol. The molecule has 0 saturated heterocycles. The normalized spacial score (nSPS) is 11.5. The molecule has 1 aromatic carbocycles. The van der Waals surface area contributed by atoms with Crippen molar-refractivity contribution >= 4 is 39.4 Å². The molecule has 0 fully saturated rings. The van der Waals surface area contributed by atoms with Crippen LogP contribution in [0.4, 0.5) is 0 Å². The standard InChI is InChI=1S/C12H14ClIO/c1-4-8-5-6-9(7-10(8)14)12(2,3)11(13)15/h5-7H,4H2,1-3H3. The van der Waals surface area contributed by atoms with Crippen LogP contribution >= 0.6 is 34.2 Å². The van der Waals surface area contributed by atoms with Crippen molar-refractivity contribution in [2.24, 2.45) is 0 Å². The second kappa shape index (κ2) is 4.83. The summed E-state index contributed by atoms with van der Waals surface area (Å²) in [5.41, 5.74) is 1.68. The summed E-state index contributed by atoms with van der Waals surface area (Å²) >= 11 is 7.88. The van der Waals surface area contributed by atoms with Gasteiger partial charge in [0.15, 0.2) is 0 Å². The maximum absolute atomic E-state index is 11.3. The first-order chi connectivity index (χ1) is 6.89. The summed E-state index contributed by atoms with van der Waals surface area (Å²) in [7, 11) is 0. The van der Waals surface area contributed by atoms with Gasteiger partial charge in [-0.3, -0.25) is 4.79 Å². The van der Waals surface area contributed by atoms with Gasteiger partial charge in [0.1, 0.15) is 0 Å². The van der Waals surface area contributed by atoms with E-state index in [0.717, 1.165) is 12.0 Å². The number of rotatable bonds is 3. The van der Waals surface area contributed by atoms with Crippen LogP contribution in [0.3, 0.4) is 0 Å². The predicted molar refractivity (Wildman–Crippen MR) is 72.4 cm³/mol. The van der Waals surface area contributed by atoms with E-state index in [4.69, 9.17) is 11.6 Å². The number of benzene rings is 1. The fourth-order valence-corrected chi connectivity index (χ4v) is 2.34. The zero-order valence-electron chi connectivity index (χ0n) is 9.10. The van der Waals surface area contributed by atoms with E-state index in [1.807, 2.05) is 26.0 Å². The van der Waals surface area contributed by atoms with Gasteiger partial charge >= 0.3 is 0 Å². The Morgan fingerprint density at radius 2 is 2.07 bits per heavy atom. The minimum atomic E-state index is -0.603. The summed E-state index contributed by atoms with van der Waals surface area (Å²) in [5.74, 6) is 0. The fourth-order valence-electron chi connectivity index (χ4n) is 1.34. The molecule has 1 nitrogen and oxygen atoms in total. The molecule has 0 amide bonds. The van der Waals surface area contributed by atoms with Crippen molar-refractivity contribution in [2.75, 3.05) is 0 Å². The Balaban J connectivity index is 3.18. The molecule has 0 aliphatic carbocycles. The van der Waals surface area contributed by atoms with Gasteiger partial charge in [-0.2, -0.15) is 0 Å². The summed E-state index contributed by atoms with van der Waals surface area (Å²) in [4.78, 5) is 11.3. The molecule has 0 aliphatic heterocycles. The highest BCUT2D eigenvalue weighted by molar-refractivity contribution is 14.1. The van der Waals surface area contributed by atoms with Gasteiger partial charge in [-0.15, -0.1) is 0 Å². The number of carbonyl (C=O) groups is 1. The lowest BCUT2D eigenvalue weighted by atomic mass is 9.85. The van der Waals surface area contributed by atoms with Crippen LogP contribution in [0.25, 0.3) is 0 Å². The molecule has 0 atom stereocenters. The lowest BCUT2D eigenvalue weighted by molar-refractivity contribution is -0.115. The summed E-state index contributed by atoms with van der Waals surface area (Å²) < 4.78 is 1.19. The fraction of sp³-hybridized carbons (Fsp3) is 0.417. The van der Waals surface area contributed by atoms with E-state index in [1.165, 1.54) is 9.13 Å². The van der Waals surface area contributed by atoms with Crippen molar-refractivity contribution in [1.29, 1.82) is 0 Å². The molecule has 0 saturated carbocycles. The summed E-state index contributed by atoms with van der Waals surface area (Å²) in [6, 6.07) is 6.10. The minimum Gasteiger partial charge on any atom is -0.280 e. The van der Waals surface area contributed by atoms with Crippen LogP contribution in [-0.2, 0) is 16.6 Å². The highest BCUT2D eigenvalue weighted by Gasteiger charge is 2.28. The molecular weight excluding hydrogens is 322 g/mol. The van der Waals surface area contributed by atoms with E-state index in [0.29, 0.717) is 0 Å². The lowest BCUT2D eigenvalue weighted by Crippen LogP contribution is -2.24. The van der Waals surface area contributed by atoms with Crippen LogP contribution in [0.2, 0.25) is 0 Å². The number of carbonyl (C=O) groups excluding carboxylic acids is 1. The zero-order valence-corrected chi connectivity index (χ0v) is 12.0. The van der Waals surface area contributed by atoms with Crippen molar-refractivity contribution in [1.82, 2.24) is 0 Å². The Hall–Kier alpha value is -0.0900. The second-order valence-electron chi connectivity index (χ2n) is 4.06. The summed E-state index contributed by atoms with van der Waals surface area (Å²) in [6.45, 7) is 5.81. The first-order valence-corrected chi connectivity index (χ1v) is 6.34. The Kier molecular flexibility index (Phi) is 4.18.